The molecule has 0 bridgehead atoms. The molecule has 1 saturated heterocycles. The predicted molar refractivity (Wildman–Crippen MR) is 124 cm³/mol. The molecule has 0 aliphatic carbocycles. The first-order chi connectivity index (χ1) is 15.5. The summed E-state index contributed by atoms with van der Waals surface area (Å²) in [5, 5.41) is 3.49. The van der Waals surface area contributed by atoms with E-state index in [1.165, 1.54) is 0 Å². The highest BCUT2D eigenvalue weighted by atomic mass is 35.5. The zero-order valence-corrected chi connectivity index (χ0v) is 19.1. The van der Waals surface area contributed by atoms with Crippen LogP contribution < -0.4 is 14.8 Å². The van der Waals surface area contributed by atoms with Gasteiger partial charge >= 0.3 is 0 Å². The van der Waals surface area contributed by atoms with Crippen LogP contribution in [0.5, 0.6) is 11.5 Å². The molecule has 1 aliphatic heterocycles. The molecule has 32 heavy (non-hydrogen) atoms. The maximum absolute atomic E-state index is 12.5. The van der Waals surface area contributed by atoms with Gasteiger partial charge in [-0.3, -0.25) is 14.5 Å². The second-order valence-corrected chi connectivity index (χ2v) is 7.94. The standard InChI is InChI=1S/C24H30ClN3O4/c1-2-31-20-7-9-21(10-8-20)32-16-11-26-23(29)18-27-12-14-28(15-13-27)24(30)17-19-5-3-4-6-22(19)25/h3-10H,2,11-18H2,1H3,(H,26,29). The number of ether oxygens (including phenoxy) is 2. The van der Waals surface area contributed by atoms with E-state index in [2.05, 4.69) is 10.2 Å². The van der Waals surface area contributed by atoms with Gasteiger partial charge in [0, 0.05) is 31.2 Å². The molecule has 2 aromatic rings. The second kappa shape index (κ2) is 12.3. The highest BCUT2D eigenvalue weighted by Crippen LogP contribution is 2.18. The third kappa shape index (κ3) is 7.43. The van der Waals surface area contributed by atoms with Gasteiger partial charge in [0.15, 0.2) is 0 Å². The first kappa shape index (κ1) is 23.9. The van der Waals surface area contributed by atoms with Gasteiger partial charge in [-0.15, -0.1) is 0 Å². The summed E-state index contributed by atoms with van der Waals surface area (Å²) < 4.78 is 11.0. The van der Waals surface area contributed by atoms with E-state index in [4.69, 9.17) is 21.1 Å². The first-order valence-corrected chi connectivity index (χ1v) is 11.3. The summed E-state index contributed by atoms with van der Waals surface area (Å²) >= 11 is 6.16. The van der Waals surface area contributed by atoms with E-state index in [1.807, 2.05) is 54.3 Å². The smallest absolute Gasteiger partial charge is 0.234 e. The normalized spacial score (nSPS) is 14.1. The summed E-state index contributed by atoms with van der Waals surface area (Å²) in [5.41, 5.74) is 0.841. The highest BCUT2D eigenvalue weighted by molar-refractivity contribution is 6.31. The van der Waals surface area contributed by atoms with E-state index in [1.54, 1.807) is 6.07 Å². The Bertz CT molecular complexity index is 883. The van der Waals surface area contributed by atoms with Crippen molar-refractivity contribution in [2.75, 3.05) is 52.5 Å². The summed E-state index contributed by atoms with van der Waals surface area (Å²) in [6, 6.07) is 14.8. The Morgan fingerprint density at radius 1 is 0.969 bits per heavy atom. The molecule has 3 rings (SSSR count). The molecule has 0 atom stereocenters. The molecule has 2 aromatic carbocycles. The van der Waals surface area contributed by atoms with Crippen molar-refractivity contribution in [2.24, 2.45) is 0 Å². The molecule has 1 N–H and O–H groups in total. The lowest BCUT2D eigenvalue weighted by atomic mass is 10.1. The minimum Gasteiger partial charge on any atom is -0.494 e. The van der Waals surface area contributed by atoms with Crippen molar-refractivity contribution in [3.8, 4) is 11.5 Å². The predicted octanol–water partition coefficient (Wildman–Crippen LogP) is 2.62. The van der Waals surface area contributed by atoms with E-state index in [9.17, 15) is 9.59 Å². The number of nitrogens with zero attached hydrogens (tertiary/aromatic N) is 2. The molecule has 1 aliphatic rings. The van der Waals surface area contributed by atoms with Gasteiger partial charge in [-0.05, 0) is 42.8 Å². The summed E-state index contributed by atoms with van der Waals surface area (Å²) in [6.45, 7) is 6.26. The number of hydrogen-bond acceptors (Lipinski definition) is 5. The molecule has 0 saturated carbocycles. The molecule has 0 aromatic heterocycles. The zero-order chi connectivity index (χ0) is 22.8. The average Bonchev–Trinajstić information content (AvgIpc) is 2.80. The summed E-state index contributed by atoms with van der Waals surface area (Å²) in [7, 11) is 0. The van der Waals surface area contributed by atoms with Crippen molar-refractivity contribution in [3.05, 3.63) is 59.1 Å². The van der Waals surface area contributed by atoms with E-state index >= 15 is 0 Å². The van der Waals surface area contributed by atoms with Crippen LogP contribution in [0.2, 0.25) is 5.02 Å². The van der Waals surface area contributed by atoms with Gasteiger partial charge in [0.25, 0.3) is 0 Å². The van der Waals surface area contributed by atoms with Crippen molar-refractivity contribution in [1.82, 2.24) is 15.1 Å². The molecule has 0 spiro atoms. The quantitative estimate of drug-likeness (QED) is 0.553. The summed E-state index contributed by atoms with van der Waals surface area (Å²) in [4.78, 5) is 28.6. The van der Waals surface area contributed by atoms with Crippen LogP contribution in [0.3, 0.4) is 0 Å². The van der Waals surface area contributed by atoms with Gasteiger partial charge in [0.05, 0.1) is 26.1 Å². The minimum absolute atomic E-state index is 0.0452. The van der Waals surface area contributed by atoms with Gasteiger partial charge in [-0.25, -0.2) is 0 Å². The van der Waals surface area contributed by atoms with E-state index in [-0.39, 0.29) is 11.8 Å². The van der Waals surface area contributed by atoms with Crippen molar-refractivity contribution >= 4 is 23.4 Å². The second-order valence-electron chi connectivity index (χ2n) is 7.53. The van der Waals surface area contributed by atoms with Crippen molar-refractivity contribution < 1.29 is 19.1 Å². The fourth-order valence-corrected chi connectivity index (χ4v) is 3.69. The molecule has 0 unspecified atom stereocenters. The lowest BCUT2D eigenvalue weighted by molar-refractivity contribution is -0.132. The zero-order valence-electron chi connectivity index (χ0n) is 18.4. The average molecular weight is 460 g/mol. The number of carbonyl (C=O) groups excluding carboxylic acids is 2. The summed E-state index contributed by atoms with van der Waals surface area (Å²) in [5.74, 6) is 1.56. The fraction of sp³-hybridized carbons (Fsp3) is 0.417. The molecular formula is C24H30ClN3O4. The number of carbonyl (C=O) groups is 2. The summed E-state index contributed by atoms with van der Waals surface area (Å²) in [6.07, 6.45) is 0.300. The van der Waals surface area contributed by atoms with Crippen LogP contribution in [0, 0.1) is 0 Å². The number of benzene rings is 2. The molecule has 2 amide bonds. The molecular weight excluding hydrogens is 430 g/mol. The van der Waals surface area contributed by atoms with E-state index < -0.39 is 0 Å². The SMILES string of the molecule is CCOc1ccc(OCCNC(=O)CN2CCN(C(=O)Cc3ccccc3Cl)CC2)cc1. The lowest BCUT2D eigenvalue weighted by Crippen LogP contribution is -2.51. The monoisotopic (exact) mass is 459 g/mol. The van der Waals surface area contributed by atoms with Crippen LogP contribution in [0.1, 0.15) is 12.5 Å². The van der Waals surface area contributed by atoms with Crippen LogP contribution in [0.15, 0.2) is 48.5 Å². The lowest BCUT2D eigenvalue weighted by Gasteiger charge is -2.34. The van der Waals surface area contributed by atoms with Gasteiger partial charge in [0.1, 0.15) is 18.1 Å². The number of rotatable bonds is 10. The van der Waals surface area contributed by atoms with E-state index in [0.717, 1.165) is 17.1 Å². The number of hydrogen-bond donors (Lipinski definition) is 1. The molecule has 172 valence electrons. The van der Waals surface area contributed by atoms with Crippen molar-refractivity contribution in [3.63, 3.8) is 0 Å². The molecule has 0 radical (unpaired) electrons. The Morgan fingerprint density at radius 2 is 1.62 bits per heavy atom. The topological polar surface area (TPSA) is 71.1 Å². The maximum atomic E-state index is 12.5. The Hall–Kier alpha value is -2.77. The molecule has 7 nitrogen and oxygen atoms in total. The number of amides is 2. The Labute approximate surface area is 194 Å². The van der Waals surface area contributed by atoms with Crippen LogP contribution in [-0.4, -0.2) is 74.1 Å². The van der Waals surface area contributed by atoms with Gasteiger partial charge in [0.2, 0.25) is 11.8 Å². The third-order valence-corrected chi connectivity index (χ3v) is 5.59. The van der Waals surface area contributed by atoms with Gasteiger partial charge in [-0.1, -0.05) is 29.8 Å². The Morgan fingerprint density at radius 3 is 2.28 bits per heavy atom. The van der Waals surface area contributed by atoms with Crippen molar-refractivity contribution in [2.45, 2.75) is 13.3 Å². The van der Waals surface area contributed by atoms with Crippen LogP contribution in [0.25, 0.3) is 0 Å². The van der Waals surface area contributed by atoms with Crippen LogP contribution >= 0.6 is 11.6 Å². The third-order valence-electron chi connectivity index (χ3n) is 5.22. The van der Waals surface area contributed by atoms with Gasteiger partial charge in [-0.2, -0.15) is 0 Å². The number of nitrogens with one attached hydrogen (secondary N) is 1. The molecule has 1 fully saturated rings. The van der Waals surface area contributed by atoms with Crippen LogP contribution in [0.4, 0.5) is 0 Å². The minimum atomic E-state index is -0.0452. The number of piperazine rings is 1. The largest absolute Gasteiger partial charge is 0.494 e. The maximum Gasteiger partial charge on any atom is 0.234 e. The van der Waals surface area contributed by atoms with E-state index in [0.29, 0.717) is 63.9 Å². The van der Waals surface area contributed by atoms with Gasteiger partial charge < -0.3 is 19.7 Å². The highest BCUT2D eigenvalue weighted by Gasteiger charge is 2.22. The first-order valence-electron chi connectivity index (χ1n) is 10.9. The van der Waals surface area contributed by atoms with Crippen LogP contribution in [-0.2, 0) is 16.0 Å². The Balaban J connectivity index is 1.30. The Kier molecular flexibility index (Phi) is 9.19. The fourth-order valence-electron chi connectivity index (χ4n) is 3.49. The number of halogens is 1. The van der Waals surface area contributed by atoms with Crippen molar-refractivity contribution in [1.29, 1.82) is 0 Å². The molecule has 1 heterocycles. The molecule has 8 heteroatoms.